The lowest BCUT2D eigenvalue weighted by Gasteiger charge is -2.15. The molecule has 120 valence electrons. The number of carbonyl (C=O) groups is 2. The topological polar surface area (TPSA) is 118 Å². The molecule has 1 aromatic heterocycles. The summed E-state index contributed by atoms with van der Waals surface area (Å²) in [5.41, 5.74) is 2.86. The van der Waals surface area contributed by atoms with E-state index in [9.17, 15) is 23.2 Å². The number of nitriles is 1. The molecular weight excluding hydrogens is 390 g/mol. The zero-order valence-corrected chi connectivity index (χ0v) is 13.1. The van der Waals surface area contributed by atoms with E-state index in [4.69, 9.17) is 11.0 Å². The summed E-state index contributed by atoms with van der Waals surface area (Å²) in [4.78, 5) is 35.7. The monoisotopic (exact) mass is 394 g/mol. The second-order valence-electron chi connectivity index (χ2n) is 4.76. The Morgan fingerprint density at radius 3 is 2.50 bits per heavy atom. The largest absolute Gasteiger partial charge is 0.384 e. The number of nitrogens with one attached hydrogen (secondary N) is 1. The molecule has 24 heavy (non-hydrogen) atoms. The fourth-order valence-corrected chi connectivity index (χ4v) is 2.95. The van der Waals surface area contributed by atoms with E-state index in [1.54, 1.807) is 0 Å². The quantitative estimate of drug-likeness (QED) is 0.704. The Kier molecular flexibility index (Phi) is 3.46. The molecule has 0 atom stereocenters. The minimum Gasteiger partial charge on any atom is -0.384 e. The number of pyridine rings is 1. The van der Waals surface area contributed by atoms with E-state index in [1.807, 2.05) is 5.32 Å². The number of nitrogen functional groups attached to an aromatic ring is 1. The molecule has 1 aliphatic heterocycles. The predicted octanol–water partition coefficient (Wildman–Crippen LogP) is 1.22. The van der Waals surface area contributed by atoms with Crippen LogP contribution >= 0.6 is 15.9 Å². The van der Waals surface area contributed by atoms with Crippen LogP contribution in [0.15, 0.2) is 21.4 Å². The van der Waals surface area contributed by atoms with Gasteiger partial charge in [-0.25, -0.2) is 8.78 Å². The van der Waals surface area contributed by atoms with Crippen molar-refractivity contribution in [3.05, 3.63) is 55.3 Å². The van der Waals surface area contributed by atoms with Crippen molar-refractivity contribution in [1.82, 2.24) is 9.88 Å². The highest BCUT2D eigenvalue weighted by molar-refractivity contribution is 9.10. The van der Waals surface area contributed by atoms with Crippen molar-refractivity contribution in [2.75, 3.05) is 5.73 Å². The highest BCUT2D eigenvalue weighted by Crippen LogP contribution is 2.31. The second-order valence-corrected chi connectivity index (χ2v) is 5.62. The van der Waals surface area contributed by atoms with Crippen LogP contribution < -0.4 is 16.6 Å². The number of rotatable bonds is 1. The van der Waals surface area contributed by atoms with Gasteiger partial charge in [0, 0.05) is 10.5 Å². The number of fused-ring (bicyclic) bond motifs is 1. The fraction of sp³-hybridized carbons (Fsp3) is 0. The molecule has 3 N–H and O–H groups in total. The molecule has 7 nitrogen and oxygen atoms in total. The maximum atomic E-state index is 14.5. The van der Waals surface area contributed by atoms with Gasteiger partial charge in [0.05, 0.1) is 11.1 Å². The summed E-state index contributed by atoms with van der Waals surface area (Å²) in [5.74, 6) is -4.62. The summed E-state index contributed by atoms with van der Waals surface area (Å²) in [5, 5.41) is 10.8. The second kappa shape index (κ2) is 5.24. The van der Waals surface area contributed by atoms with E-state index in [0.29, 0.717) is 4.57 Å². The smallest absolute Gasteiger partial charge is 0.262 e. The molecule has 1 aromatic carbocycles. The number of carbonyl (C=O) groups excluding carboxylic acids is 2. The van der Waals surface area contributed by atoms with Gasteiger partial charge < -0.3 is 5.73 Å². The summed E-state index contributed by atoms with van der Waals surface area (Å²) in [6.07, 6.45) is 0. The summed E-state index contributed by atoms with van der Waals surface area (Å²) >= 11 is 2.90. The van der Waals surface area contributed by atoms with E-state index in [1.165, 1.54) is 6.07 Å². The summed E-state index contributed by atoms with van der Waals surface area (Å²) in [6, 6.07) is 2.95. The van der Waals surface area contributed by atoms with Gasteiger partial charge in [-0.2, -0.15) is 5.26 Å². The van der Waals surface area contributed by atoms with Crippen LogP contribution in [-0.4, -0.2) is 16.4 Å². The van der Waals surface area contributed by atoms with Crippen molar-refractivity contribution in [3.8, 4) is 11.8 Å². The minimum atomic E-state index is -1.33. The molecule has 10 heteroatoms. The first-order chi connectivity index (χ1) is 11.3. The highest BCUT2D eigenvalue weighted by Gasteiger charge is 2.33. The molecular formula is C14H5BrF2N4O3. The minimum absolute atomic E-state index is 0.199. The number of nitrogens with zero attached hydrogens (tertiary/aromatic N) is 2. The molecule has 0 unspecified atom stereocenters. The Labute approximate surface area is 140 Å². The van der Waals surface area contributed by atoms with Crippen LogP contribution in [0.2, 0.25) is 0 Å². The summed E-state index contributed by atoms with van der Waals surface area (Å²) < 4.78 is 28.5. The van der Waals surface area contributed by atoms with Crippen LogP contribution in [0, 0.1) is 23.0 Å². The van der Waals surface area contributed by atoms with Gasteiger partial charge in [0.2, 0.25) is 0 Å². The maximum absolute atomic E-state index is 14.5. The zero-order chi connectivity index (χ0) is 17.8. The molecule has 0 saturated carbocycles. The van der Waals surface area contributed by atoms with Gasteiger partial charge in [-0.1, -0.05) is 0 Å². The third-order valence-electron chi connectivity index (χ3n) is 3.43. The van der Waals surface area contributed by atoms with Gasteiger partial charge in [0.25, 0.3) is 17.4 Å². The van der Waals surface area contributed by atoms with Crippen LogP contribution in [0.5, 0.6) is 0 Å². The van der Waals surface area contributed by atoms with Crippen LogP contribution in [0.1, 0.15) is 26.3 Å². The molecule has 2 aromatic rings. The van der Waals surface area contributed by atoms with Crippen molar-refractivity contribution in [2.24, 2.45) is 0 Å². The van der Waals surface area contributed by atoms with Gasteiger partial charge in [-0.05, 0) is 22.0 Å². The molecule has 0 bridgehead atoms. The maximum Gasteiger partial charge on any atom is 0.262 e. The molecule has 0 radical (unpaired) electrons. The normalized spacial score (nSPS) is 12.8. The number of hydrogen-bond acceptors (Lipinski definition) is 5. The van der Waals surface area contributed by atoms with Crippen LogP contribution in [-0.2, 0) is 0 Å². The first-order valence-corrected chi connectivity index (χ1v) is 7.06. The molecule has 3 rings (SSSR count). The number of hydrogen-bond donors (Lipinski definition) is 2. The number of anilines is 1. The fourth-order valence-electron chi connectivity index (χ4n) is 2.40. The number of aromatic nitrogens is 1. The third kappa shape index (κ3) is 2.02. The lowest BCUT2D eigenvalue weighted by atomic mass is 10.1. The molecule has 0 saturated heterocycles. The van der Waals surface area contributed by atoms with Crippen molar-refractivity contribution in [1.29, 1.82) is 5.26 Å². The Morgan fingerprint density at radius 1 is 1.21 bits per heavy atom. The van der Waals surface area contributed by atoms with E-state index in [2.05, 4.69) is 15.9 Å². The standard InChI is InChI=1S/C14H5BrF2N4O3/c15-6-2-7(16)5(3-18)10(17)11(6)21-8(22)1-4-9(12(21)19)14(24)20-13(4)23/h1-2H,19H2,(H,20,23,24). The first-order valence-electron chi connectivity index (χ1n) is 6.27. The number of nitrogens with two attached hydrogens (primary N) is 1. The van der Waals surface area contributed by atoms with Crippen molar-refractivity contribution >= 4 is 33.6 Å². The molecule has 0 fully saturated rings. The predicted molar refractivity (Wildman–Crippen MR) is 80.6 cm³/mol. The highest BCUT2D eigenvalue weighted by atomic mass is 79.9. The van der Waals surface area contributed by atoms with Gasteiger partial charge in [0.15, 0.2) is 5.82 Å². The Bertz CT molecular complexity index is 1060. The van der Waals surface area contributed by atoms with Crippen LogP contribution in [0.4, 0.5) is 14.6 Å². The molecule has 1 aliphatic rings. The summed E-state index contributed by atoms with van der Waals surface area (Å²) in [6.45, 7) is 0. The van der Waals surface area contributed by atoms with Gasteiger partial charge in [-0.3, -0.25) is 24.3 Å². The lowest BCUT2D eigenvalue weighted by molar-refractivity contribution is 0.0880. The number of benzene rings is 1. The third-order valence-corrected chi connectivity index (χ3v) is 4.04. The van der Waals surface area contributed by atoms with Crippen molar-refractivity contribution in [2.45, 2.75) is 0 Å². The van der Waals surface area contributed by atoms with E-state index in [0.717, 1.165) is 12.1 Å². The van der Waals surface area contributed by atoms with Crippen molar-refractivity contribution < 1.29 is 18.4 Å². The van der Waals surface area contributed by atoms with E-state index < -0.39 is 46.1 Å². The Hall–Kier alpha value is -3.06. The zero-order valence-electron chi connectivity index (χ0n) is 11.5. The van der Waals surface area contributed by atoms with Gasteiger partial charge in [-0.15, -0.1) is 0 Å². The first kappa shape index (κ1) is 15.8. The van der Waals surface area contributed by atoms with E-state index >= 15 is 0 Å². The van der Waals surface area contributed by atoms with Crippen LogP contribution in [0.3, 0.4) is 0 Å². The average Bonchev–Trinajstić information content (AvgIpc) is 2.77. The lowest BCUT2D eigenvalue weighted by Crippen LogP contribution is -2.25. The van der Waals surface area contributed by atoms with E-state index in [-0.39, 0.29) is 15.6 Å². The molecule has 0 spiro atoms. The number of halogens is 3. The molecule has 2 amide bonds. The SMILES string of the molecule is N#Cc1c(F)cc(Br)c(-n2c(N)c3c(cc2=O)C(=O)NC3=O)c1F. The van der Waals surface area contributed by atoms with Crippen molar-refractivity contribution in [3.63, 3.8) is 0 Å². The molecule has 2 heterocycles. The molecule has 0 aliphatic carbocycles. The van der Waals surface area contributed by atoms with Gasteiger partial charge >= 0.3 is 0 Å². The number of amides is 2. The Morgan fingerprint density at radius 2 is 1.88 bits per heavy atom. The Balaban J connectivity index is 2.45. The van der Waals surface area contributed by atoms with Crippen LogP contribution in [0.25, 0.3) is 5.69 Å². The average molecular weight is 395 g/mol. The summed E-state index contributed by atoms with van der Waals surface area (Å²) in [7, 11) is 0. The number of imide groups is 1. The van der Waals surface area contributed by atoms with Gasteiger partial charge in [0.1, 0.15) is 29.0 Å².